The first-order valence-corrected chi connectivity index (χ1v) is 5.09. The highest BCUT2D eigenvalue weighted by atomic mass is 35.5. The number of allylic oxidation sites excluding steroid dienone is 1. The first kappa shape index (κ1) is 11.8. The molecule has 0 aliphatic heterocycles. The van der Waals surface area contributed by atoms with Crippen LogP contribution in [0.3, 0.4) is 0 Å². The third-order valence-electron chi connectivity index (χ3n) is 2.15. The van der Waals surface area contributed by atoms with Crippen LogP contribution in [-0.2, 0) is 4.79 Å². The number of carbonyl (C=O) groups excluding carboxylic acids is 1. The van der Waals surface area contributed by atoms with Crippen LogP contribution in [0.15, 0.2) is 29.8 Å². The number of rotatable bonds is 4. The SMILES string of the molecule is CC/C(C=O)=C(/Cl)c1ccc(OC)cc1. The number of carbonyl (C=O) groups is 1. The van der Waals surface area contributed by atoms with E-state index in [-0.39, 0.29) is 0 Å². The van der Waals surface area contributed by atoms with Crippen LogP contribution in [0.2, 0.25) is 0 Å². The van der Waals surface area contributed by atoms with Crippen LogP contribution in [-0.4, -0.2) is 13.4 Å². The maximum absolute atomic E-state index is 10.7. The number of benzene rings is 1. The minimum absolute atomic E-state index is 0.509. The fraction of sp³-hybridized carbons (Fsp3) is 0.250. The number of aldehydes is 1. The number of hydrogen-bond acceptors (Lipinski definition) is 2. The Kier molecular flexibility index (Phi) is 4.37. The van der Waals surface area contributed by atoms with E-state index in [0.717, 1.165) is 17.6 Å². The van der Waals surface area contributed by atoms with E-state index in [1.165, 1.54) is 0 Å². The van der Waals surface area contributed by atoms with Crippen molar-refractivity contribution >= 4 is 22.9 Å². The van der Waals surface area contributed by atoms with Crippen molar-refractivity contribution in [2.45, 2.75) is 13.3 Å². The third-order valence-corrected chi connectivity index (χ3v) is 2.61. The van der Waals surface area contributed by atoms with Crippen molar-refractivity contribution in [1.82, 2.24) is 0 Å². The molecule has 3 heteroatoms. The van der Waals surface area contributed by atoms with E-state index in [1.54, 1.807) is 7.11 Å². The molecule has 2 nitrogen and oxygen atoms in total. The molecule has 0 spiro atoms. The summed E-state index contributed by atoms with van der Waals surface area (Å²) in [5.74, 6) is 0.771. The van der Waals surface area contributed by atoms with Crippen LogP contribution in [0, 0.1) is 0 Å². The highest BCUT2D eigenvalue weighted by Gasteiger charge is 2.04. The fourth-order valence-electron chi connectivity index (χ4n) is 1.21. The molecular weight excluding hydrogens is 212 g/mol. The van der Waals surface area contributed by atoms with Gasteiger partial charge in [-0.3, -0.25) is 4.79 Å². The monoisotopic (exact) mass is 224 g/mol. The van der Waals surface area contributed by atoms with Gasteiger partial charge in [-0.05, 0) is 36.2 Å². The predicted octanol–water partition coefficient (Wildman–Crippen LogP) is 3.25. The van der Waals surface area contributed by atoms with Crippen molar-refractivity contribution < 1.29 is 9.53 Å². The Hall–Kier alpha value is -1.28. The molecule has 0 aromatic heterocycles. The zero-order chi connectivity index (χ0) is 11.3. The van der Waals surface area contributed by atoms with Gasteiger partial charge in [0.05, 0.1) is 12.1 Å². The molecule has 0 bridgehead atoms. The summed E-state index contributed by atoms with van der Waals surface area (Å²) in [4.78, 5) is 10.7. The number of hydrogen-bond donors (Lipinski definition) is 0. The number of halogens is 1. The zero-order valence-corrected chi connectivity index (χ0v) is 9.54. The Balaban J connectivity index is 3.05. The van der Waals surface area contributed by atoms with Gasteiger partial charge in [-0.1, -0.05) is 18.5 Å². The Labute approximate surface area is 94.5 Å². The Morgan fingerprint density at radius 1 is 1.40 bits per heavy atom. The average molecular weight is 225 g/mol. The maximum Gasteiger partial charge on any atom is 0.147 e. The van der Waals surface area contributed by atoms with Crippen LogP contribution in [0.4, 0.5) is 0 Å². The number of methoxy groups -OCH3 is 1. The standard InChI is InChI=1S/C12H13ClO2/c1-3-9(8-14)12(13)10-4-6-11(15-2)7-5-10/h4-8H,3H2,1-2H3/b12-9-. The van der Waals surface area contributed by atoms with Gasteiger partial charge < -0.3 is 4.74 Å². The van der Waals surface area contributed by atoms with Gasteiger partial charge >= 0.3 is 0 Å². The van der Waals surface area contributed by atoms with Crippen molar-refractivity contribution in [3.8, 4) is 5.75 Å². The lowest BCUT2D eigenvalue weighted by Gasteiger charge is -2.04. The normalized spacial score (nSPS) is 11.9. The summed E-state index contributed by atoms with van der Waals surface area (Å²) >= 11 is 6.08. The van der Waals surface area contributed by atoms with Crippen molar-refractivity contribution in [2.24, 2.45) is 0 Å². The lowest BCUT2D eigenvalue weighted by molar-refractivity contribution is -0.104. The second kappa shape index (κ2) is 5.56. The van der Waals surface area contributed by atoms with Gasteiger partial charge in [-0.15, -0.1) is 0 Å². The molecule has 1 aromatic carbocycles. The molecule has 1 aromatic rings. The van der Waals surface area contributed by atoms with Crippen LogP contribution in [0.5, 0.6) is 5.75 Å². The molecule has 0 aliphatic rings. The van der Waals surface area contributed by atoms with Crippen molar-refractivity contribution in [1.29, 1.82) is 0 Å². The Morgan fingerprint density at radius 2 is 2.00 bits per heavy atom. The first-order valence-electron chi connectivity index (χ1n) is 4.71. The summed E-state index contributed by atoms with van der Waals surface area (Å²) in [7, 11) is 1.61. The lowest BCUT2D eigenvalue weighted by Crippen LogP contribution is -1.88. The summed E-state index contributed by atoms with van der Waals surface area (Å²) in [5.41, 5.74) is 1.45. The highest BCUT2D eigenvalue weighted by molar-refractivity contribution is 6.50. The fourth-order valence-corrected chi connectivity index (χ4v) is 1.52. The molecule has 0 saturated heterocycles. The van der Waals surface area contributed by atoms with E-state index < -0.39 is 0 Å². The largest absolute Gasteiger partial charge is 0.497 e. The summed E-state index contributed by atoms with van der Waals surface area (Å²) in [5, 5.41) is 0.509. The smallest absolute Gasteiger partial charge is 0.147 e. The second-order valence-electron chi connectivity index (χ2n) is 3.04. The molecular formula is C12H13ClO2. The molecule has 0 heterocycles. The lowest BCUT2D eigenvalue weighted by atomic mass is 10.1. The molecule has 0 N–H and O–H groups in total. The van der Waals surface area contributed by atoms with Crippen molar-refractivity contribution in [3.63, 3.8) is 0 Å². The summed E-state index contributed by atoms with van der Waals surface area (Å²) < 4.78 is 5.03. The van der Waals surface area contributed by atoms with Crippen LogP contribution in [0.1, 0.15) is 18.9 Å². The van der Waals surface area contributed by atoms with E-state index in [2.05, 4.69) is 0 Å². The van der Waals surface area contributed by atoms with Crippen LogP contribution < -0.4 is 4.74 Å². The summed E-state index contributed by atoms with van der Waals surface area (Å²) in [6.45, 7) is 1.90. The third kappa shape index (κ3) is 2.83. The zero-order valence-electron chi connectivity index (χ0n) is 8.79. The molecule has 0 unspecified atom stereocenters. The summed E-state index contributed by atoms with van der Waals surface area (Å²) in [6, 6.07) is 7.30. The van der Waals surface area contributed by atoms with Gasteiger partial charge in [0.1, 0.15) is 12.0 Å². The minimum Gasteiger partial charge on any atom is -0.497 e. The van der Waals surface area contributed by atoms with E-state index in [0.29, 0.717) is 17.0 Å². The van der Waals surface area contributed by atoms with Crippen molar-refractivity contribution in [2.75, 3.05) is 7.11 Å². The molecule has 0 radical (unpaired) electrons. The van der Waals surface area contributed by atoms with E-state index in [1.807, 2.05) is 31.2 Å². The van der Waals surface area contributed by atoms with Gasteiger partial charge in [0.2, 0.25) is 0 Å². The van der Waals surface area contributed by atoms with Crippen molar-refractivity contribution in [3.05, 3.63) is 35.4 Å². The molecule has 15 heavy (non-hydrogen) atoms. The molecule has 0 fully saturated rings. The second-order valence-corrected chi connectivity index (χ2v) is 3.42. The Bertz CT molecular complexity index is 366. The van der Waals surface area contributed by atoms with E-state index in [4.69, 9.17) is 16.3 Å². The maximum atomic E-state index is 10.7. The van der Waals surface area contributed by atoms with Gasteiger partial charge in [-0.2, -0.15) is 0 Å². The molecule has 0 saturated carbocycles. The quantitative estimate of drug-likeness (QED) is 0.580. The molecule has 80 valence electrons. The molecule has 0 atom stereocenters. The van der Waals surface area contributed by atoms with Gasteiger partial charge in [0.15, 0.2) is 0 Å². The van der Waals surface area contributed by atoms with Gasteiger partial charge in [0.25, 0.3) is 0 Å². The Morgan fingerprint density at radius 3 is 2.40 bits per heavy atom. The molecule has 0 amide bonds. The topological polar surface area (TPSA) is 26.3 Å². The van der Waals surface area contributed by atoms with Crippen LogP contribution >= 0.6 is 11.6 Å². The summed E-state index contributed by atoms with van der Waals surface area (Å²) in [6.07, 6.45) is 1.43. The van der Waals surface area contributed by atoms with Crippen LogP contribution in [0.25, 0.3) is 5.03 Å². The highest BCUT2D eigenvalue weighted by Crippen LogP contribution is 2.25. The van der Waals surface area contributed by atoms with Gasteiger partial charge in [-0.25, -0.2) is 0 Å². The average Bonchev–Trinajstić information content (AvgIpc) is 2.30. The molecule has 1 rings (SSSR count). The number of ether oxygens (including phenoxy) is 1. The van der Waals surface area contributed by atoms with E-state index >= 15 is 0 Å². The first-order chi connectivity index (χ1) is 7.22. The van der Waals surface area contributed by atoms with Gasteiger partial charge in [0, 0.05) is 5.57 Å². The van der Waals surface area contributed by atoms with E-state index in [9.17, 15) is 4.79 Å². The minimum atomic E-state index is 0.509. The molecule has 0 aliphatic carbocycles. The predicted molar refractivity (Wildman–Crippen MR) is 62.1 cm³/mol.